The Hall–Kier alpha value is -4.17. The van der Waals surface area contributed by atoms with Gasteiger partial charge in [-0.1, -0.05) is 36.8 Å². The van der Waals surface area contributed by atoms with Crippen LogP contribution in [0.5, 0.6) is 17.4 Å². The third-order valence-electron chi connectivity index (χ3n) is 6.14. The number of nitrogens with zero attached hydrogens (tertiary/aromatic N) is 2. The molecule has 4 aromatic rings. The number of hydrogen-bond donors (Lipinski definition) is 1. The van der Waals surface area contributed by atoms with Crippen LogP contribution in [0.25, 0.3) is 0 Å². The summed E-state index contributed by atoms with van der Waals surface area (Å²) in [7, 11) is -3.60. The normalized spacial score (nSPS) is 14.5. The van der Waals surface area contributed by atoms with Crippen LogP contribution in [0.1, 0.15) is 31.2 Å². The van der Waals surface area contributed by atoms with Crippen molar-refractivity contribution in [3.05, 3.63) is 103 Å². The summed E-state index contributed by atoms with van der Waals surface area (Å²) in [6, 6.07) is 26.4. The van der Waals surface area contributed by atoms with Crippen molar-refractivity contribution >= 4 is 21.4 Å². The summed E-state index contributed by atoms with van der Waals surface area (Å²) in [5.41, 5.74) is 1.40. The largest absolute Gasteiger partial charge is 0.490 e. The molecule has 5 rings (SSSR count). The monoisotopic (exact) mass is 527 g/mol. The van der Waals surface area contributed by atoms with E-state index in [1.165, 1.54) is 0 Å². The summed E-state index contributed by atoms with van der Waals surface area (Å²) in [6.45, 7) is 1.26. The van der Waals surface area contributed by atoms with Gasteiger partial charge >= 0.3 is 0 Å². The molecule has 1 aliphatic rings. The lowest BCUT2D eigenvalue weighted by atomic mass is 10.2. The van der Waals surface area contributed by atoms with Gasteiger partial charge in [0.2, 0.25) is 15.7 Å². The molecule has 0 atom stereocenters. The van der Waals surface area contributed by atoms with Gasteiger partial charge < -0.3 is 14.8 Å². The molecule has 8 heteroatoms. The van der Waals surface area contributed by atoms with Crippen LogP contribution in [0.15, 0.2) is 112 Å². The Morgan fingerprint density at radius 3 is 2.24 bits per heavy atom. The molecule has 3 aromatic carbocycles. The first-order chi connectivity index (χ1) is 18.6. The summed E-state index contributed by atoms with van der Waals surface area (Å²) < 4.78 is 38.2. The van der Waals surface area contributed by atoms with Gasteiger partial charge in [-0.25, -0.2) is 13.4 Å². The smallest absolute Gasteiger partial charge is 0.230 e. The molecule has 0 saturated carbocycles. The molecule has 1 aromatic heterocycles. The number of pyridine rings is 1. The number of ether oxygens (including phenoxy) is 2. The highest BCUT2D eigenvalue weighted by Gasteiger charge is 2.18. The molecule has 38 heavy (non-hydrogen) atoms. The van der Waals surface area contributed by atoms with Gasteiger partial charge in [0.25, 0.3) is 0 Å². The number of rotatable bonds is 3. The predicted octanol–water partition coefficient (Wildman–Crippen LogP) is 6.52. The lowest BCUT2D eigenvalue weighted by molar-refractivity contribution is 0.290. The standard InChI is InChI=1S/C30H29N3O4S/c34-38(35,24-11-4-3-5-12-24)25-18-16-23(17-19-25)33-29-26-13-10-21-32-30(26)37-28-15-7-6-14-27(28)36-22-9-2-1-8-20-31-29/h3-7,10-19,21H,1-2,8-9,20,22H2,(H,31,33). The van der Waals surface area contributed by atoms with E-state index in [1.807, 2.05) is 36.4 Å². The van der Waals surface area contributed by atoms with Gasteiger partial charge in [0, 0.05) is 18.4 Å². The molecule has 1 aliphatic heterocycles. The van der Waals surface area contributed by atoms with Crippen LogP contribution in [-0.4, -0.2) is 32.4 Å². The SMILES string of the molecule is O=S(=O)(c1ccccc1)c1ccc(NC2=NCCCCCCOc3ccccc3Oc3ncccc32)cc1. The third kappa shape index (κ3) is 6.03. The highest BCUT2D eigenvalue weighted by molar-refractivity contribution is 7.91. The topological polar surface area (TPSA) is 89.9 Å². The predicted molar refractivity (Wildman–Crippen MR) is 148 cm³/mol. The Morgan fingerprint density at radius 1 is 0.711 bits per heavy atom. The fourth-order valence-corrected chi connectivity index (χ4v) is 5.41. The summed E-state index contributed by atoms with van der Waals surface area (Å²) in [4.78, 5) is 9.83. The molecule has 0 amide bonds. The first-order valence-electron chi connectivity index (χ1n) is 12.7. The second kappa shape index (κ2) is 11.9. The zero-order chi connectivity index (χ0) is 26.2. The van der Waals surface area contributed by atoms with Crippen LogP contribution < -0.4 is 14.8 Å². The summed E-state index contributed by atoms with van der Waals surface area (Å²) in [5.74, 6) is 2.25. The van der Waals surface area contributed by atoms with Crippen molar-refractivity contribution in [3.8, 4) is 17.4 Å². The molecule has 194 valence electrons. The van der Waals surface area contributed by atoms with Crippen molar-refractivity contribution in [3.63, 3.8) is 0 Å². The van der Waals surface area contributed by atoms with E-state index in [2.05, 4.69) is 10.3 Å². The Kier molecular flexibility index (Phi) is 7.99. The average Bonchev–Trinajstić information content (AvgIpc) is 2.95. The molecule has 7 nitrogen and oxygen atoms in total. The van der Waals surface area contributed by atoms with Crippen molar-refractivity contribution in [1.82, 2.24) is 4.98 Å². The molecule has 0 unspecified atom stereocenters. The number of aliphatic imine (C=N–C) groups is 1. The minimum absolute atomic E-state index is 0.226. The van der Waals surface area contributed by atoms with Crippen LogP contribution >= 0.6 is 0 Å². The molecule has 0 bridgehead atoms. The number of anilines is 1. The van der Waals surface area contributed by atoms with Crippen molar-refractivity contribution in [1.29, 1.82) is 0 Å². The molecular weight excluding hydrogens is 498 g/mol. The highest BCUT2D eigenvalue weighted by Crippen LogP contribution is 2.33. The molecule has 0 spiro atoms. The molecule has 0 fully saturated rings. The number of sulfone groups is 1. The number of para-hydroxylation sites is 2. The molecule has 2 heterocycles. The maximum absolute atomic E-state index is 13.0. The number of fused-ring (bicyclic) bond motifs is 2. The molecule has 0 aliphatic carbocycles. The lowest BCUT2D eigenvalue weighted by Gasteiger charge is -2.17. The first-order valence-corrected chi connectivity index (χ1v) is 14.2. The van der Waals surface area contributed by atoms with Gasteiger partial charge in [0.1, 0.15) is 5.84 Å². The van der Waals surface area contributed by atoms with Gasteiger partial charge in [-0.3, -0.25) is 4.99 Å². The van der Waals surface area contributed by atoms with Gasteiger partial charge in [0.15, 0.2) is 11.5 Å². The summed E-state index contributed by atoms with van der Waals surface area (Å²) in [5, 5.41) is 3.36. The third-order valence-corrected chi connectivity index (χ3v) is 7.93. The number of amidine groups is 1. The summed E-state index contributed by atoms with van der Waals surface area (Å²) in [6.07, 6.45) is 5.66. The van der Waals surface area contributed by atoms with E-state index in [4.69, 9.17) is 14.5 Å². The fourth-order valence-electron chi connectivity index (χ4n) is 4.13. The van der Waals surface area contributed by atoms with E-state index in [0.29, 0.717) is 47.6 Å². The number of hydrogen-bond acceptors (Lipinski definition) is 7. The minimum atomic E-state index is -3.60. The lowest BCUT2D eigenvalue weighted by Crippen LogP contribution is -2.16. The second-order valence-corrected chi connectivity index (χ2v) is 10.8. The maximum atomic E-state index is 13.0. The van der Waals surface area contributed by atoms with E-state index in [1.54, 1.807) is 60.8 Å². The average molecular weight is 528 g/mol. The molecule has 0 saturated heterocycles. The van der Waals surface area contributed by atoms with Crippen LogP contribution in [0.4, 0.5) is 5.69 Å². The minimum Gasteiger partial charge on any atom is -0.490 e. The first kappa shape index (κ1) is 25.5. The van der Waals surface area contributed by atoms with Gasteiger partial charge in [0.05, 0.1) is 22.0 Å². The van der Waals surface area contributed by atoms with Crippen LogP contribution in [0.2, 0.25) is 0 Å². The van der Waals surface area contributed by atoms with Gasteiger partial charge in [-0.2, -0.15) is 0 Å². The van der Waals surface area contributed by atoms with Crippen molar-refractivity contribution < 1.29 is 17.9 Å². The van der Waals surface area contributed by atoms with E-state index < -0.39 is 9.84 Å². The zero-order valence-electron chi connectivity index (χ0n) is 20.9. The second-order valence-electron chi connectivity index (χ2n) is 8.86. The van der Waals surface area contributed by atoms with E-state index in [-0.39, 0.29) is 9.79 Å². The quantitative estimate of drug-likeness (QED) is 0.326. The van der Waals surface area contributed by atoms with Crippen LogP contribution in [0.3, 0.4) is 0 Å². The number of nitrogens with one attached hydrogen (secondary N) is 1. The van der Waals surface area contributed by atoms with E-state index >= 15 is 0 Å². The molecule has 1 N–H and O–H groups in total. The van der Waals surface area contributed by atoms with Crippen molar-refractivity contribution in [2.45, 2.75) is 35.5 Å². The van der Waals surface area contributed by atoms with Gasteiger partial charge in [-0.15, -0.1) is 0 Å². The number of aromatic nitrogens is 1. The van der Waals surface area contributed by atoms with Crippen LogP contribution in [0, 0.1) is 0 Å². The Balaban J connectivity index is 1.45. The Labute approximate surface area is 223 Å². The van der Waals surface area contributed by atoms with Gasteiger partial charge in [-0.05, 0) is 79.9 Å². The fraction of sp³-hybridized carbons (Fsp3) is 0.200. The maximum Gasteiger partial charge on any atom is 0.230 e. The van der Waals surface area contributed by atoms with E-state index in [0.717, 1.165) is 25.7 Å². The Bertz CT molecular complexity index is 1500. The zero-order valence-corrected chi connectivity index (χ0v) is 21.7. The summed E-state index contributed by atoms with van der Waals surface area (Å²) >= 11 is 0. The van der Waals surface area contributed by atoms with E-state index in [9.17, 15) is 8.42 Å². The van der Waals surface area contributed by atoms with Crippen molar-refractivity contribution in [2.75, 3.05) is 18.5 Å². The van der Waals surface area contributed by atoms with Crippen molar-refractivity contribution in [2.24, 2.45) is 4.99 Å². The molecular formula is C30H29N3O4S. The highest BCUT2D eigenvalue weighted by atomic mass is 32.2. The van der Waals surface area contributed by atoms with Crippen LogP contribution in [-0.2, 0) is 9.84 Å². The number of benzene rings is 3. The molecule has 0 radical (unpaired) electrons. The Morgan fingerprint density at radius 2 is 1.42 bits per heavy atom.